The van der Waals surface area contributed by atoms with Crippen LogP contribution in [0.25, 0.3) is 0 Å². The quantitative estimate of drug-likeness (QED) is 0.886. The van der Waals surface area contributed by atoms with Gasteiger partial charge < -0.3 is 16.0 Å². The van der Waals surface area contributed by atoms with Crippen LogP contribution in [0.1, 0.15) is 27.9 Å². The van der Waals surface area contributed by atoms with E-state index in [-0.39, 0.29) is 18.2 Å². The zero-order valence-corrected chi connectivity index (χ0v) is 14.8. The molecule has 134 valence electrons. The Morgan fingerprint density at radius 1 is 1.12 bits per heavy atom. The smallest absolute Gasteiger partial charge is 0.248 e. The first-order valence-electron chi connectivity index (χ1n) is 8.43. The lowest BCUT2D eigenvalue weighted by atomic mass is 10.1. The number of aryl methyl sites for hydroxylation is 2. The Labute approximate surface area is 152 Å². The Bertz CT molecular complexity index is 874. The Morgan fingerprint density at radius 3 is 2.46 bits per heavy atom. The summed E-state index contributed by atoms with van der Waals surface area (Å²) in [5.74, 6) is -1.20. The average Bonchev–Trinajstić information content (AvgIpc) is 2.99. The molecular formula is C20H21N3O3. The molecule has 6 nitrogen and oxygen atoms in total. The fourth-order valence-corrected chi connectivity index (χ4v) is 3.09. The van der Waals surface area contributed by atoms with Gasteiger partial charge in [-0.25, -0.2) is 0 Å². The summed E-state index contributed by atoms with van der Waals surface area (Å²) in [6.07, 6.45) is 0.179. The minimum absolute atomic E-state index is 0.0528. The number of carbonyl (C=O) groups excluding carboxylic acids is 3. The molecule has 3 N–H and O–H groups in total. The summed E-state index contributed by atoms with van der Waals surface area (Å²) >= 11 is 0. The van der Waals surface area contributed by atoms with Gasteiger partial charge in [-0.3, -0.25) is 14.4 Å². The third-order valence-corrected chi connectivity index (χ3v) is 4.59. The maximum Gasteiger partial charge on any atom is 0.248 e. The molecule has 0 aliphatic carbocycles. The molecule has 26 heavy (non-hydrogen) atoms. The second-order valence-electron chi connectivity index (χ2n) is 6.63. The zero-order valence-electron chi connectivity index (χ0n) is 14.8. The predicted molar refractivity (Wildman–Crippen MR) is 100.0 cm³/mol. The molecule has 1 fully saturated rings. The summed E-state index contributed by atoms with van der Waals surface area (Å²) in [4.78, 5) is 37.7. The van der Waals surface area contributed by atoms with Crippen LogP contribution in [0.4, 0.5) is 11.4 Å². The van der Waals surface area contributed by atoms with Crippen molar-refractivity contribution in [2.24, 2.45) is 11.7 Å². The Balaban J connectivity index is 1.70. The van der Waals surface area contributed by atoms with E-state index in [1.54, 1.807) is 29.2 Å². The van der Waals surface area contributed by atoms with E-state index in [0.29, 0.717) is 17.8 Å². The molecule has 1 atom stereocenters. The molecule has 1 aliphatic rings. The van der Waals surface area contributed by atoms with Crippen molar-refractivity contribution in [3.05, 3.63) is 59.2 Å². The molecule has 1 unspecified atom stereocenters. The summed E-state index contributed by atoms with van der Waals surface area (Å²) in [7, 11) is 0. The van der Waals surface area contributed by atoms with Gasteiger partial charge in [-0.2, -0.15) is 0 Å². The molecule has 3 amide bonds. The first-order valence-corrected chi connectivity index (χ1v) is 8.43. The summed E-state index contributed by atoms with van der Waals surface area (Å²) in [6, 6.07) is 12.3. The maximum absolute atomic E-state index is 12.5. The SMILES string of the molecule is Cc1ccc(C)c(N2CC(C(=O)Nc3ccc(C(N)=O)cc3)CC2=O)c1. The Morgan fingerprint density at radius 2 is 1.81 bits per heavy atom. The van der Waals surface area contributed by atoms with Gasteiger partial charge in [0.25, 0.3) is 0 Å². The van der Waals surface area contributed by atoms with E-state index in [2.05, 4.69) is 5.32 Å². The van der Waals surface area contributed by atoms with E-state index in [0.717, 1.165) is 16.8 Å². The Kier molecular flexibility index (Phi) is 4.75. The standard InChI is InChI=1S/C20H21N3O3/c1-12-3-4-13(2)17(9-12)23-11-15(10-18(23)24)20(26)22-16-7-5-14(6-8-16)19(21)25/h3-9,15H,10-11H2,1-2H3,(H2,21,25)(H,22,26). The molecule has 0 radical (unpaired) electrons. The van der Waals surface area contributed by atoms with Gasteiger partial charge in [-0.05, 0) is 55.3 Å². The minimum Gasteiger partial charge on any atom is -0.366 e. The second-order valence-corrected chi connectivity index (χ2v) is 6.63. The normalized spacial score (nSPS) is 16.6. The van der Waals surface area contributed by atoms with Crippen molar-refractivity contribution in [2.45, 2.75) is 20.3 Å². The number of rotatable bonds is 4. The lowest BCUT2D eigenvalue weighted by molar-refractivity contribution is -0.122. The van der Waals surface area contributed by atoms with Gasteiger partial charge >= 0.3 is 0 Å². The largest absolute Gasteiger partial charge is 0.366 e. The number of nitrogens with zero attached hydrogens (tertiary/aromatic N) is 1. The molecule has 1 saturated heterocycles. The van der Waals surface area contributed by atoms with Gasteiger partial charge in [0.05, 0.1) is 5.92 Å². The highest BCUT2D eigenvalue weighted by Gasteiger charge is 2.35. The summed E-state index contributed by atoms with van der Waals surface area (Å²) in [5, 5.41) is 2.80. The molecule has 0 aromatic heterocycles. The van der Waals surface area contributed by atoms with E-state index in [4.69, 9.17) is 5.73 Å². The molecule has 2 aromatic carbocycles. The van der Waals surface area contributed by atoms with Gasteiger partial charge in [0.1, 0.15) is 0 Å². The molecule has 6 heteroatoms. The molecule has 1 aliphatic heterocycles. The molecule has 3 rings (SSSR count). The number of amides is 3. The van der Waals surface area contributed by atoms with Gasteiger partial charge in [-0.1, -0.05) is 12.1 Å². The van der Waals surface area contributed by atoms with Crippen molar-refractivity contribution in [3.63, 3.8) is 0 Å². The van der Waals surface area contributed by atoms with Crippen LogP contribution in [-0.2, 0) is 9.59 Å². The average molecular weight is 351 g/mol. The number of nitrogens with one attached hydrogen (secondary N) is 1. The van der Waals surface area contributed by atoms with Crippen LogP contribution in [0.3, 0.4) is 0 Å². The first kappa shape index (κ1) is 17.7. The van der Waals surface area contributed by atoms with Gasteiger partial charge in [0.2, 0.25) is 17.7 Å². The molecule has 2 aromatic rings. The van der Waals surface area contributed by atoms with Gasteiger partial charge in [0.15, 0.2) is 0 Å². The van der Waals surface area contributed by atoms with E-state index >= 15 is 0 Å². The van der Waals surface area contributed by atoms with Crippen LogP contribution in [-0.4, -0.2) is 24.3 Å². The molecule has 0 bridgehead atoms. The molecule has 1 heterocycles. The molecule has 0 spiro atoms. The minimum atomic E-state index is -0.520. The number of hydrogen-bond acceptors (Lipinski definition) is 3. The molecule has 0 saturated carbocycles. The van der Waals surface area contributed by atoms with Gasteiger partial charge in [0, 0.05) is 29.9 Å². The van der Waals surface area contributed by atoms with E-state index < -0.39 is 11.8 Å². The van der Waals surface area contributed by atoms with Crippen LogP contribution in [0.2, 0.25) is 0 Å². The van der Waals surface area contributed by atoms with Crippen molar-refractivity contribution in [1.29, 1.82) is 0 Å². The van der Waals surface area contributed by atoms with E-state index in [1.165, 1.54) is 0 Å². The van der Waals surface area contributed by atoms with Crippen LogP contribution < -0.4 is 16.0 Å². The lowest BCUT2D eigenvalue weighted by Gasteiger charge is -2.19. The third kappa shape index (κ3) is 3.59. The topological polar surface area (TPSA) is 92.5 Å². The first-order chi connectivity index (χ1) is 12.3. The fourth-order valence-electron chi connectivity index (χ4n) is 3.09. The monoisotopic (exact) mass is 351 g/mol. The highest BCUT2D eigenvalue weighted by Crippen LogP contribution is 2.29. The summed E-state index contributed by atoms with van der Waals surface area (Å²) in [5.41, 5.74) is 9.08. The number of nitrogens with two attached hydrogens (primary N) is 1. The second kappa shape index (κ2) is 7.00. The summed E-state index contributed by atoms with van der Waals surface area (Å²) in [6.45, 7) is 4.29. The van der Waals surface area contributed by atoms with Crippen molar-refractivity contribution in [2.75, 3.05) is 16.8 Å². The van der Waals surface area contributed by atoms with Crippen molar-refractivity contribution < 1.29 is 14.4 Å². The van der Waals surface area contributed by atoms with Gasteiger partial charge in [-0.15, -0.1) is 0 Å². The van der Waals surface area contributed by atoms with Crippen molar-refractivity contribution >= 4 is 29.1 Å². The van der Waals surface area contributed by atoms with Crippen LogP contribution in [0.5, 0.6) is 0 Å². The van der Waals surface area contributed by atoms with Crippen molar-refractivity contribution in [1.82, 2.24) is 0 Å². The third-order valence-electron chi connectivity index (χ3n) is 4.59. The van der Waals surface area contributed by atoms with Crippen LogP contribution >= 0.6 is 0 Å². The number of anilines is 2. The fraction of sp³-hybridized carbons (Fsp3) is 0.250. The molecular weight excluding hydrogens is 330 g/mol. The van der Waals surface area contributed by atoms with Crippen LogP contribution in [0.15, 0.2) is 42.5 Å². The predicted octanol–water partition coefficient (Wildman–Crippen LogP) is 2.39. The van der Waals surface area contributed by atoms with E-state index in [1.807, 2.05) is 32.0 Å². The Hall–Kier alpha value is -3.15. The number of primary amides is 1. The highest BCUT2D eigenvalue weighted by molar-refractivity contribution is 6.04. The lowest BCUT2D eigenvalue weighted by Crippen LogP contribution is -2.28. The zero-order chi connectivity index (χ0) is 18.8. The summed E-state index contributed by atoms with van der Waals surface area (Å²) < 4.78 is 0. The van der Waals surface area contributed by atoms with Crippen LogP contribution in [0, 0.1) is 19.8 Å². The maximum atomic E-state index is 12.5. The number of benzene rings is 2. The number of hydrogen-bond donors (Lipinski definition) is 2. The van der Waals surface area contributed by atoms with Crippen molar-refractivity contribution in [3.8, 4) is 0 Å². The van der Waals surface area contributed by atoms with E-state index in [9.17, 15) is 14.4 Å². The number of carbonyl (C=O) groups is 3. The highest BCUT2D eigenvalue weighted by atomic mass is 16.2.